The average molecular weight is 493 g/mol. The third-order valence-electron chi connectivity index (χ3n) is 5.81. The van der Waals surface area contributed by atoms with Crippen LogP contribution in [0.2, 0.25) is 0 Å². The lowest BCUT2D eigenvalue weighted by Crippen LogP contribution is -2.44. The van der Waals surface area contributed by atoms with Gasteiger partial charge in [-0.25, -0.2) is 24.2 Å². The molecule has 190 valence electrons. The lowest BCUT2D eigenvalue weighted by atomic mass is 10.1. The summed E-state index contributed by atoms with van der Waals surface area (Å²) in [5, 5.41) is 7.71. The van der Waals surface area contributed by atoms with Gasteiger partial charge in [-0.3, -0.25) is 4.90 Å². The van der Waals surface area contributed by atoms with Gasteiger partial charge in [0.2, 0.25) is 5.95 Å². The molecule has 1 aliphatic heterocycles. The highest BCUT2D eigenvalue weighted by Crippen LogP contribution is 2.29. The van der Waals surface area contributed by atoms with E-state index in [-0.39, 0.29) is 18.2 Å². The highest BCUT2D eigenvalue weighted by atomic mass is 16.6. The Morgan fingerprint density at radius 2 is 1.86 bits per heavy atom. The molecule has 1 aromatic carbocycles. The number of amides is 1. The highest BCUT2D eigenvalue weighted by molar-refractivity contribution is 5.90. The molecule has 0 radical (unpaired) electrons. The molecule has 3 aromatic rings. The van der Waals surface area contributed by atoms with Crippen LogP contribution in [0, 0.1) is 6.92 Å². The molecule has 36 heavy (non-hydrogen) atoms. The van der Waals surface area contributed by atoms with E-state index in [4.69, 9.17) is 9.47 Å². The normalized spacial score (nSPS) is 15.9. The van der Waals surface area contributed by atoms with Gasteiger partial charge in [0.05, 0.1) is 36.4 Å². The Morgan fingerprint density at radius 1 is 1.11 bits per heavy atom. The number of anilines is 2. The van der Waals surface area contributed by atoms with Crippen LogP contribution in [-0.2, 0) is 9.47 Å². The fourth-order valence-corrected chi connectivity index (χ4v) is 4.09. The first-order chi connectivity index (χ1) is 17.1. The molecule has 1 N–H and O–H groups in total. The zero-order valence-electron chi connectivity index (χ0n) is 21.3. The Kier molecular flexibility index (Phi) is 7.23. The fraction of sp³-hybridized carbons (Fsp3) is 0.423. The van der Waals surface area contributed by atoms with Crippen LogP contribution in [0.5, 0.6) is 0 Å². The number of aryl methyl sites for hydroxylation is 1. The number of hydrogen-bond acceptors (Lipinski definition) is 8. The highest BCUT2D eigenvalue weighted by Gasteiger charge is 2.32. The zero-order valence-corrected chi connectivity index (χ0v) is 21.3. The summed E-state index contributed by atoms with van der Waals surface area (Å²) in [6.07, 6.45) is 7.47. The van der Waals surface area contributed by atoms with Gasteiger partial charge in [-0.05, 0) is 64.7 Å². The number of ether oxygens (including phenoxy) is 2. The maximum Gasteiger partial charge on any atom is 0.411 e. The number of nitrogens with zero attached hydrogens (tertiary/aromatic N) is 5. The first kappa shape index (κ1) is 25.2. The molecule has 1 amide bonds. The molecule has 0 spiro atoms. The van der Waals surface area contributed by atoms with Crippen molar-refractivity contribution < 1.29 is 19.1 Å². The quantitative estimate of drug-likeness (QED) is 0.490. The molecule has 1 fully saturated rings. The number of piperidine rings is 1. The van der Waals surface area contributed by atoms with Gasteiger partial charge in [0.15, 0.2) is 0 Å². The first-order valence-electron chi connectivity index (χ1n) is 12.0. The number of benzene rings is 1. The standard InChI is InChI=1S/C26H32N6O4/c1-17-14-27-24(30-22(17)18-9-11-19(12-10-18)23(33)35-5)29-20-15-28-32(16-20)21-8-6-7-13-31(21)25(34)36-26(2,3)4/h9-12,14-16,21H,6-8,13H2,1-5H3,(H,27,29,30). The molecular weight excluding hydrogens is 460 g/mol. The zero-order chi connectivity index (χ0) is 25.9. The summed E-state index contributed by atoms with van der Waals surface area (Å²) >= 11 is 0. The number of rotatable bonds is 5. The summed E-state index contributed by atoms with van der Waals surface area (Å²) < 4.78 is 12.2. The molecule has 0 saturated carbocycles. The summed E-state index contributed by atoms with van der Waals surface area (Å²) in [6.45, 7) is 8.15. The Morgan fingerprint density at radius 3 is 2.56 bits per heavy atom. The molecule has 10 nitrogen and oxygen atoms in total. The largest absolute Gasteiger partial charge is 0.465 e. The SMILES string of the molecule is COC(=O)c1ccc(-c2nc(Nc3cnn(C4CCCCN4C(=O)OC(C)(C)C)c3)ncc2C)cc1. The van der Waals surface area contributed by atoms with E-state index in [9.17, 15) is 9.59 Å². The van der Waals surface area contributed by atoms with Gasteiger partial charge in [-0.2, -0.15) is 5.10 Å². The Bertz CT molecular complexity index is 1230. The van der Waals surface area contributed by atoms with Crippen LogP contribution < -0.4 is 5.32 Å². The van der Waals surface area contributed by atoms with Crippen LogP contribution in [0.3, 0.4) is 0 Å². The van der Waals surface area contributed by atoms with Crippen LogP contribution in [-0.4, -0.2) is 56.0 Å². The lowest BCUT2D eigenvalue weighted by Gasteiger charge is -2.36. The van der Waals surface area contributed by atoms with Gasteiger partial charge < -0.3 is 14.8 Å². The van der Waals surface area contributed by atoms with E-state index in [1.807, 2.05) is 46.0 Å². The van der Waals surface area contributed by atoms with Gasteiger partial charge >= 0.3 is 12.1 Å². The average Bonchev–Trinajstić information content (AvgIpc) is 3.32. The Balaban J connectivity index is 1.51. The predicted molar refractivity (Wildman–Crippen MR) is 135 cm³/mol. The molecule has 4 rings (SSSR count). The minimum Gasteiger partial charge on any atom is -0.465 e. The van der Waals surface area contributed by atoms with Crippen LogP contribution >= 0.6 is 0 Å². The monoisotopic (exact) mass is 492 g/mol. The second-order valence-corrected chi connectivity index (χ2v) is 9.78. The molecule has 1 unspecified atom stereocenters. The molecule has 3 heterocycles. The molecule has 0 bridgehead atoms. The van der Waals surface area contributed by atoms with Crippen molar-refractivity contribution in [1.82, 2.24) is 24.6 Å². The number of carbonyl (C=O) groups is 2. The topological polar surface area (TPSA) is 111 Å². The molecule has 0 aliphatic carbocycles. The number of methoxy groups -OCH3 is 1. The minimum atomic E-state index is -0.559. The smallest absolute Gasteiger partial charge is 0.411 e. The van der Waals surface area contributed by atoms with E-state index >= 15 is 0 Å². The summed E-state index contributed by atoms with van der Waals surface area (Å²) in [5.41, 5.74) is 3.13. The number of likely N-dealkylation sites (tertiary alicyclic amines) is 1. The number of aromatic nitrogens is 4. The fourth-order valence-electron chi connectivity index (χ4n) is 4.09. The van der Waals surface area contributed by atoms with Crippen molar-refractivity contribution in [2.24, 2.45) is 0 Å². The van der Waals surface area contributed by atoms with Crippen molar-refractivity contribution in [3.63, 3.8) is 0 Å². The van der Waals surface area contributed by atoms with E-state index in [0.29, 0.717) is 23.7 Å². The van der Waals surface area contributed by atoms with E-state index in [1.165, 1.54) is 7.11 Å². The molecule has 1 atom stereocenters. The van der Waals surface area contributed by atoms with Gasteiger partial charge in [0, 0.05) is 18.3 Å². The minimum absolute atomic E-state index is 0.216. The van der Waals surface area contributed by atoms with Crippen molar-refractivity contribution in [2.45, 2.75) is 58.7 Å². The number of nitrogens with one attached hydrogen (secondary N) is 1. The third kappa shape index (κ3) is 5.81. The second-order valence-electron chi connectivity index (χ2n) is 9.78. The van der Waals surface area contributed by atoms with Gasteiger partial charge in [0.25, 0.3) is 0 Å². The summed E-state index contributed by atoms with van der Waals surface area (Å²) in [4.78, 5) is 35.3. The van der Waals surface area contributed by atoms with Crippen molar-refractivity contribution in [3.8, 4) is 11.3 Å². The van der Waals surface area contributed by atoms with Gasteiger partial charge in [-0.1, -0.05) is 12.1 Å². The van der Waals surface area contributed by atoms with E-state index < -0.39 is 5.60 Å². The van der Waals surface area contributed by atoms with Gasteiger partial charge in [-0.15, -0.1) is 0 Å². The van der Waals surface area contributed by atoms with Crippen LogP contribution in [0.15, 0.2) is 42.9 Å². The predicted octanol–water partition coefficient (Wildman–Crippen LogP) is 5.10. The lowest BCUT2D eigenvalue weighted by molar-refractivity contribution is -0.00345. The number of esters is 1. The Hall–Kier alpha value is -3.95. The molecule has 1 saturated heterocycles. The summed E-state index contributed by atoms with van der Waals surface area (Å²) in [7, 11) is 1.36. The Labute approximate surface area is 210 Å². The summed E-state index contributed by atoms with van der Waals surface area (Å²) in [6, 6.07) is 7.08. The maximum absolute atomic E-state index is 12.8. The van der Waals surface area contributed by atoms with Crippen molar-refractivity contribution in [1.29, 1.82) is 0 Å². The van der Waals surface area contributed by atoms with Crippen molar-refractivity contribution in [3.05, 3.63) is 54.0 Å². The van der Waals surface area contributed by atoms with E-state index in [1.54, 1.807) is 34.1 Å². The van der Waals surface area contributed by atoms with E-state index in [2.05, 4.69) is 20.4 Å². The van der Waals surface area contributed by atoms with Crippen molar-refractivity contribution >= 4 is 23.7 Å². The molecule has 2 aromatic heterocycles. The number of hydrogen-bond donors (Lipinski definition) is 1. The third-order valence-corrected chi connectivity index (χ3v) is 5.81. The molecular formula is C26H32N6O4. The first-order valence-corrected chi connectivity index (χ1v) is 12.0. The maximum atomic E-state index is 12.8. The second kappa shape index (κ2) is 10.3. The van der Waals surface area contributed by atoms with E-state index in [0.717, 1.165) is 36.1 Å². The van der Waals surface area contributed by atoms with Crippen LogP contribution in [0.25, 0.3) is 11.3 Å². The van der Waals surface area contributed by atoms with Crippen LogP contribution in [0.4, 0.5) is 16.4 Å². The van der Waals surface area contributed by atoms with Crippen molar-refractivity contribution in [2.75, 3.05) is 19.0 Å². The van der Waals surface area contributed by atoms with Gasteiger partial charge in [0.1, 0.15) is 11.8 Å². The van der Waals surface area contributed by atoms with Crippen LogP contribution in [0.1, 0.15) is 62.1 Å². The molecule has 10 heteroatoms. The molecule has 1 aliphatic rings. The number of carbonyl (C=O) groups excluding carboxylic acids is 2. The summed E-state index contributed by atoms with van der Waals surface area (Å²) in [5.74, 6) is 0.0309.